The normalized spacial score (nSPS) is 22.6. The number of benzene rings is 1. The van der Waals surface area contributed by atoms with E-state index in [4.69, 9.17) is 9.63 Å². The van der Waals surface area contributed by atoms with E-state index in [0.29, 0.717) is 23.8 Å². The molecule has 1 aromatic carbocycles. The second-order valence-corrected chi connectivity index (χ2v) is 9.18. The van der Waals surface area contributed by atoms with E-state index < -0.39 is 0 Å². The Morgan fingerprint density at radius 1 is 1.27 bits per heavy atom. The molecule has 2 unspecified atom stereocenters. The Kier molecular flexibility index (Phi) is 6.50. The first-order valence-electron chi connectivity index (χ1n) is 10.6. The SMILES string of the molecule is Cc1noc(C)c1CSCC(=O)N1C2CC[C@H]1CC(c1ccccc1C#CCO)C2. The molecule has 2 aliphatic rings. The number of aliphatic hydroxyl groups is 1. The number of hydrogen-bond acceptors (Lipinski definition) is 5. The zero-order valence-electron chi connectivity index (χ0n) is 17.6. The van der Waals surface area contributed by atoms with Gasteiger partial charge in [0.1, 0.15) is 12.4 Å². The second kappa shape index (κ2) is 9.28. The standard InChI is InChI=1S/C24H28N2O3S/c1-16-23(17(2)29-25-16)14-30-15-24(28)26-20-9-10-21(26)13-19(12-20)22-8-4-3-6-18(22)7-5-11-27/h3-4,6,8,19-21,27H,9-15H2,1-2H3/t19?,20-,21?/m0/s1. The molecule has 1 aromatic heterocycles. The fraction of sp³-hybridized carbons (Fsp3) is 0.500. The number of carbonyl (C=O) groups is 1. The van der Waals surface area contributed by atoms with Crippen molar-refractivity contribution in [3.8, 4) is 11.8 Å². The van der Waals surface area contributed by atoms with Crippen LogP contribution in [0, 0.1) is 25.7 Å². The second-order valence-electron chi connectivity index (χ2n) is 8.20. The minimum atomic E-state index is -0.127. The molecule has 0 aliphatic carbocycles. The summed E-state index contributed by atoms with van der Waals surface area (Å²) in [5, 5.41) is 13.0. The maximum atomic E-state index is 13.0. The quantitative estimate of drug-likeness (QED) is 0.740. The van der Waals surface area contributed by atoms with Crippen LogP contribution in [0.2, 0.25) is 0 Å². The van der Waals surface area contributed by atoms with Gasteiger partial charge < -0.3 is 14.5 Å². The van der Waals surface area contributed by atoms with Crippen LogP contribution < -0.4 is 0 Å². The van der Waals surface area contributed by atoms with E-state index in [1.165, 1.54) is 5.56 Å². The zero-order valence-corrected chi connectivity index (χ0v) is 18.4. The summed E-state index contributed by atoms with van der Waals surface area (Å²) in [6.07, 6.45) is 4.17. The van der Waals surface area contributed by atoms with E-state index in [2.05, 4.69) is 34.0 Å². The molecule has 3 heterocycles. The Bertz CT molecular complexity index is 941. The predicted molar refractivity (Wildman–Crippen MR) is 118 cm³/mol. The van der Waals surface area contributed by atoms with Crippen molar-refractivity contribution >= 4 is 17.7 Å². The molecule has 2 aliphatic heterocycles. The van der Waals surface area contributed by atoms with E-state index in [1.807, 2.05) is 26.0 Å². The number of fused-ring (bicyclic) bond motifs is 2. The predicted octanol–water partition coefficient (Wildman–Crippen LogP) is 3.81. The first-order valence-corrected chi connectivity index (χ1v) is 11.7. The minimum absolute atomic E-state index is 0.127. The maximum absolute atomic E-state index is 13.0. The molecule has 158 valence electrons. The number of hydrogen-bond donors (Lipinski definition) is 1. The van der Waals surface area contributed by atoms with Crippen LogP contribution in [-0.2, 0) is 10.5 Å². The summed E-state index contributed by atoms with van der Waals surface area (Å²) in [5.41, 5.74) is 4.28. The lowest BCUT2D eigenvalue weighted by atomic mass is 9.83. The number of carbonyl (C=O) groups excluding carboxylic acids is 1. The Morgan fingerprint density at radius 2 is 2.00 bits per heavy atom. The van der Waals surface area contributed by atoms with Gasteiger partial charge in [-0.15, -0.1) is 11.8 Å². The summed E-state index contributed by atoms with van der Waals surface area (Å²) in [7, 11) is 0. The highest BCUT2D eigenvalue weighted by atomic mass is 32.2. The Balaban J connectivity index is 1.39. The van der Waals surface area contributed by atoms with Gasteiger partial charge in [-0.1, -0.05) is 35.2 Å². The molecule has 4 rings (SSSR count). The minimum Gasteiger partial charge on any atom is -0.384 e. The number of aliphatic hydroxyl groups excluding tert-OH is 1. The largest absolute Gasteiger partial charge is 0.384 e. The van der Waals surface area contributed by atoms with Gasteiger partial charge in [0.15, 0.2) is 0 Å². The average molecular weight is 425 g/mol. The summed E-state index contributed by atoms with van der Waals surface area (Å²) < 4.78 is 5.22. The van der Waals surface area contributed by atoms with Crippen LogP contribution in [0.3, 0.4) is 0 Å². The smallest absolute Gasteiger partial charge is 0.233 e. The van der Waals surface area contributed by atoms with Crippen LogP contribution in [0.25, 0.3) is 0 Å². The van der Waals surface area contributed by atoms with Gasteiger partial charge in [0, 0.05) is 29.0 Å². The van der Waals surface area contributed by atoms with Gasteiger partial charge in [-0.25, -0.2) is 0 Å². The van der Waals surface area contributed by atoms with E-state index in [1.54, 1.807) is 11.8 Å². The maximum Gasteiger partial charge on any atom is 0.233 e. The van der Waals surface area contributed by atoms with Gasteiger partial charge in [-0.2, -0.15) is 0 Å². The van der Waals surface area contributed by atoms with Crippen LogP contribution >= 0.6 is 11.8 Å². The fourth-order valence-corrected chi connectivity index (χ4v) is 6.00. The average Bonchev–Trinajstić information content (AvgIpc) is 3.21. The van der Waals surface area contributed by atoms with Crippen LogP contribution in [0.1, 0.15) is 59.7 Å². The number of piperidine rings is 1. The zero-order chi connectivity index (χ0) is 21.1. The fourth-order valence-electron chi connectivity index (χ4n) is 4.96. The number of amides is 1. The first-order chi connectivity index (χ1) is 14.6. The number of rotatable bonds is 5. The van der Waals surface area contributed by atoms with E-state index in [9.17, 15) is 4.79 Å². The summed E-state index contributed by atoms with van der Waals surface area (Å²) >= 11 is 1.65. The molecular formula is C24H28N2O3S. The van der Waals surface area contributed by atoms with Gasteiger partial charge in [-0.3, -0.25) is 4.79 Å². The third kappa shape index (κ3) is 4.28. The van der Waals surface area contributed by atoms with Crippen molar-refractivity contribution in [3.63, 3.8) is 0 Å². The molecule has 1 N–H and O–H groups in total. The van der Waals surface area contributed by atoms with E-state index in [-0.39, 0.29) is 12.5 Å². The van der Waals surface area contributed by atoms with Crippen LogP contribution in [-0.4, -0.2) is 45.5 Å². The molecule has 0 spiro atoms. The van der Waals surface area contributed by atoms with Crippen molar-refractivity contribution in [2.24, 2.45) is 0 Å². The lowest BCUT2D eigenvalue weighted by Crippen LogP contribution is -2.46. The van der Waals surface area contributed by atoms with Gasteiger partial charge in [0.05, 0.1) is 11.4 Å². The van der Waals surface area contributed by atoms with Gasteiger partial charge in [-0.05, 0) is 57.1 Å². The molecule has 2 bridgehead atoms. The summed E-state index contributed by atoms with van der Waals surface area (Å²) in [4.78, 5) is 15.2. The van der Waals surface area contributed by atoms with Crippen molar-refractivity contribution < 1.29 is 14.4 Å². The summed E-state index contributed by atoms with van der Waals surface area (Å²) in [6.45, 7) is 3.74. The molecule has 5 nitrogen and oxygen atoms in total. The lowest BCUT2D eigenvalue weighted by Gasteiger charge is -2.39. The molecule has 2 saturated heterocycles. The van der Waals surface area contributed by atoms with E-state index >= 15 is 0 Å². The molecule has 0 saturated carbocycles. The van der Waals surface area contributed by atoms with E-state index in [0.717, 1.165) is 54.0 Å². The Labute approximate surface area is 182 Å². The van der Waals surface area contributed by atoms with Crippen LogP contribution in [0.5, 0.6) is 0 Å². The van der Waals surface area contributed by atoms with Crippen molar-refractivity contribution in [1.82, 2.24) is 10.1 Å². The molecule has 1 amide bonds. The summed E-state index contributed by atoms with van der Waals surface area (Å²) in [5.74, 6) is 8.66. The van der Waals surface area contributed by atoms with Gasteiger partial charge >= 0.3 is 0 Å². The van der Waals surface area contributed by atoms with Gasteiger partial charge in [0.25, 0.3) is 0 Å². The van der Waals surface area contributed by atoms with Crippen molar-refractivity contribution in [2.45, 2.75) is 63.3 Å². The highest BCUT2D eigenvalue weighted by Gasteiger charge is 2.43. The highest BCUT2D eigenvalue weighted by Crippen LogP contribution is 2.44. The van der Waals surface area contributed by atoms with Crippen LogP contribution in [0.4, 0.5) is 0 Å². The lowest BCUT2D eigenvalue weighted by molar-refractivity contribution is -0.132. The number of thioether (sulfide) groups is 1. The Hall–Kier alpha value is -2.23. The molecule has 2 aromatic rings. The third-order valence-electron chi connectivity index (χ3n) is 6.38. The third-order valence-corrected chi connectivity index (χ3v) is 7.32. The highest BCUT2D eigenvalue weighted by molar-refractivity contribution is 7.99. The topological polar surface area (TPSA) is 66.6 Å². The van der Waals surface area contributed by atoms with Crippen molar-refractivity contribution in [3.05, 3.63) is 52.4 Å². The van der Waals surface area contributed by atoms with Crippen LogP contribution in [0.15, 0.2) is 28.8 Å². The monoisotopic (exact) mass is 424 g/mol. The Morgan fingerprint density at radius 3 is 2.67 bits per heavy atom. The molecule has 2 fully saturated rings. The first kappa shape index (κ1) is 21.0. The molecule has 6 heteroatoms. The summed E-state index contributed by atoms with van der Waals surface area (Å²) in [6, 6.07) is 8.88. The number of aryl methyl sites for hydroxylation is 2. The molecule has 30 heavy (non-hydrogen) atoms. The molecule has 0 radical (unpaired) electrons. The molecule has 3 atom stereocenters. The molecular weight excluding hydrogens is 396 g/mol. The van der Waals surface area contributed by atoms with Gasteiger partial charge in [0.2, 0.25) is 5.91 Å². The number of aromatic nitrogens is 1. The van der Waals surface area contributed by atoms with Crippen molar-refractivity contribution in [2.75, 3.05) is 12.4 Å². The number of nitrogens with zero attached hydrogens (tertiary/aromatic N) is 2. The van der Waals surface area contributed by atoms with Crippen molar-refractivity contribution in [1.29, 1.82) is 0 Å².